The van der Waals surface area contributed by atoms with Crippen LogP contribution in [0, 0.1) is 0 Å². The van der Waals surface area contributed by atoms with Gasteiger partial charge < -0.3 is 10.0 Å². The van der Waals surface area contributed by atoms with Gasteiger partial charge in [0.15, 0.2) is 0 Å². The average molecular weight is 256 g/mol. The number of hydrogen-bond donors (Lipinski definition) is 1. The second-order valence-corrected chi connectivity index (χ2v) is 4.25. The van der Waals surface area contributed by atoms with Gasteiger partial charge in [-0.15, -0.1) is 0 Å². The normalized spacial score (nSPS) is 14.2. The lowest BCUT2D eigenvalue weighted by Gasteiger charge is -2.16. The van der Waals surface area contributed by atoms with E-state index in [2.05, 4.69) is 15.9 Å². The molecule has 0 saturated carbocycles. The molecule has 0 bridgehead atoms. The van der Waals surface area contributed by atoms with Crippen molar-refractivity contribution in [2.75, 3.05) is 18.0 Å². The van der Waals surface area contributed by atoms with Crippen LogP contribution in [0.1, 0.15) is 5.56 Å². The molecule has 0 amide bonds. The van der Waals surface area contributed by atoms with Gasteiger partial charge in [-0.05, 0) is 24.1 Å². The molecule has 0 atom stereocenters. The number of carbonyl (C=O) groups is 1. The van der Waals surface area contributed by atoms with Crippen molar-refractivity contribution in [3.05, 3.63) is 28.2 Å². The van der Waals surface area contributed by atoms with Gasteiger partial charge in [-0.2, -0.15) is 0 Å². The summed E-state index contributed by atoms with van der Waals surface area (Å²) >= 11 is 3.38. The van der Waals surface area contributed by atoms with Gasteiger partial charge in [-0.3, -0.25) is 4.79 Å². The number of rotatable bonds is 2. The number of anilines is 1. The van der Waals surface area contributed by atoms with Crippen molar-refractivity contribution in [1.29, 1.82) is 0 Å². The van der Waals surface area contributed by atoms with Crippen LogP contribution in [-0.2, 0) is 11.2 Å². The van der Waals surface area contributed by atoms with Gasteiger partial charge in [0.05, 0.1) is 0 Å². The molecule has 0 aliphatic carbocycles. The van der Waals surface area contributed by atoms with E-state index in [-0.39, 0.29) is 6.54 Å². The Balaban J connectivity index is 2.28. The number of halogens is 1. The molecule has 2 rings (SSSR count). The van der Waals surface area contributed by atoms with Crippen LogP contribution in [0.15, 0.2) is 22.7 Å². The number of aliphatic carboxylic acids is 1. The first-order chi connectivity index (χ1) is 6.66. The minimum absolute atomic E-state index is 0.0868. The summed E-state index contributed by atoms with van der Waals surface area (Å²) in [6.07, 6.45) is 0.940. The molecule has 4 heteroatoms. The van der Waals surface area contributed by atoms with Crippen molar-refractivity contribution in [3.63, 3.8) is 0 Å². The highest BCUT2D eigenvalue weighted by molar-refractivity contribution is 9.10. The van der Waals surface area contributed by atoms with Gasteiger partial charge >= 0.3 is 5.97 Å². The summed E-state index contributed by atoms with van der Waals surface area (Å²) in [5, 5.41) is 8.72. The standard InChI is InChI=1S/C10H10BrNO2/c11-8-2-1-7-3-4-12(6-10(13)14)9(7)5-8/h1-2,5H,3-4,6H2,(H,13,14). The van der Waals surface area contributed by atoms with E-state index >= 15 is 0 Å². The van der Waals surface area contributed by atoms with E-state index in [1.807, 2.05) is 23.1 Å². The van der Waals surface area contributed by atoms with Gasteiger partial charge in [0, 0.05) is 16.7 Å². The molecule has 0 radical (unpaired) electrons. The van der Waals surface area contributed by atoms with Crippen LogP contribution in [0.5, 0.6) is 0 Å². The topological polar surface area (TPSA) is 40.5 Å². The summed E-state index contributed by atoms with van der Waals surface area (Å²) in [6.45, 7) is 0.890. The Morgan fingerprint density at radius 2 is 2.36 bits per heavy atom. The quantitative estimate of drug-likeness (QED) is 0.878. The van der Waals surface area contributed by atoms with E-state index < -0.39 is 5.97 Å². The lowest BCUT2D eigenvalue weighted by molar-refractivity contribution is -0.135. The zero-order chi connectivity index (χ0) is 10.1. The van der Waals surface area contributed by atoms with Crippen molar-refractivity contribution in [1.82, 2.24) is 0 Å². The highest BCUT2D eigenvalue weighted by atomic mass is 79.9. The smallest absolute Gasteiger partial charge is 0.323 e. The third-order valence-corrected chi connectivity index (χ3v) is 2.86. The Labute approximate surface area is 90.5 Å². The molecule has 14 heavy (non-hydrogen) atoms. The van der Waals surface area contributed by atoms with Crippen LogP contribution in [0.3, 0.4) is 0 Å². The molecule has 3 nitrogen and oxygen atoms in total. The van der Waals surface area contributed by atoms with Gasteiger partial charge in [0.1, 0.15) is 6.54 Å². The lowest BCUT2D eigenvalue weighted by Crippen LogP contribution is -2.27. The summed E-state index contributed by atoms with van der Waals surface area (Å²) in [5.41, 5.74) is 2.27. The summed E-state index contributed by atoms with van der Waals surface area (Å²) in [7, 11) is 0. The monoisotopic (exact) mass is 255 g/mol. The summed E-state index contributed by atoms with van der Waals surface area (Å²) in [4.78, 5) is 12.5. The van der Waals surface area contributed by atoms with E-state index in [9.17, 15) is 4.79 Å². The number of nitrogens with zero attached hydrogens (tertiary/aromatic N) is 1. The molecule has 0 fully saturated rings. The summed E-state index contributed by atoms with van der Waals surface area (Å²) < 4.78 is 0.994. The van der Waals surface area contributed by atoms with Crippen molar-refractivity contribution < 1.29 is 9.90 Å². The first kappa shape index (κ1) is 9.52. The fraction of sp³-hybridized carbons (Fsp3) is 0.300. The summed E-state index contributed by atoms with van der Waals surface area (Å²) in [6, 6.07) is 6.01. The molecule has 0 spiro atoms. The van der Waals surface area contributed by atoms with E-state index in [0.29, 0.717) is 0 Å². The molecule has 1 aromatic rings. The van der Waals surface area contributed by atoms with E-state index in [0.717, 1.165) is 23.1 Å². The second kappa shape index (κ2) is 3.61. The first-order valence-electron chi connectivity index (χ1n) is 4.42. The molecule has 0 unspecified atom stereocenters. The third kappa shape index (κ3) is 1.75. The van der Waals surface area contributed by atoms with Crippen LogP contribution in [0.4, 0.5) is 5.69 Å². The van der Waals surface area contributed by atoms with Crippen LogP contribution in [0.25, 0.3) is 0 Å². The third-order valence-electron chi connectivity index (χ3n) is 2.37. The minimum atomic E-state index is -0.780. The van der Waals surface area contributed by atoms with Gasteiger partial charge in [-0.1, -0.05) is 22.0 Å². The summed E-state index contributed by atoms with van der Waals surface area (Å²) in [5.74, 6) is -0.780. The Morgan fingerprint density at radius 3 is 3.07 bits per heavy atom. The SMILES string of the molecule is O=C(O)CN1CCc2ccc(Br)cc21. The largest absolute Gasteiger partial charge is 0.480 e. The maximum atomic E-state index is 10.6. The van der Waals surface area contributed by atoms with Crippen LogP contribution in [-0.4, -0.2) is 24.2 Å². The number of carboxylic acid groups (broad SMARTS) is 1. The minimum Gasteiger partial charge on any atom is -0.480 e. The van der Waals surface area contributed by atoms with E-state index in [1.165, 1.54) is 5.56 Å². The predicted octanol–water partition coefficient (Wildman–Crippen LogP) is 1.90. The Hall–Kier alpha value is -1.03. The average Bonchev–Trinajstić information content (AvgIpc) is 2.47. The van der Waals surface area contributed by atoms with E-state index in [4.69, 9.17) is 5.11 Å². The second-order valence-electron chi connectivity index (χ2n) is 3.34. The number of benzene rings is 1. The van der Waals surface area contributed by atoms with Crippen molar-refractivity contribution >= 4 is 27.6 Å². The lowest BCUT2D eigenvalue weighted by atomic mass is 10.2. The maximum absolute atomic E-state index is 10.6. The van der Waals surface area contributed by atoms with Crippen LogP contribution < -0.4 is 4.90 Å². The maximum Gasteiger partial charge on any atom is 0.323 e. The molecule has 1 heterocycles. The highest BCUT2D eigenvalue weighted by Crippen LogP contribution is 2.30. The van der Waals surface area contributed by atoms with E-state index in [1.54, 1.807) is 0 Å². The Kier molecular flexibility index (Phi) is 2.46. The number of fused-ring (bicyclic) bond motifs is 1. The fourth-order valence-corrected chi connectivity index (χ4v) is 2.10. The Morgan fingerprint density at radius 1 is 1.57 bits per heavy atom. The molecule has 0 saturated heterocycles. The predicted molar refractivity (Wildman–Crippen MR) is 57.7 cm³/mol. The molecule has 1 aliphatic heterocycles. The van der Waals surface area contributed by atoms with Gasteiger partial charge in [0.25, 0.3) is 0 Å². The first-order valence-corrected chi connectivity index (χ1v) is 5.21. The molecule has 0 aromatic heterocycles. The van der Waals surface area contributed by atoms with Crippen molar-refractivity contribution in [2.24, 2.45) is 0 Å². The van der Waals surface area contributed by atoms with Crippen molar-refractivity contribution in [2.45, 2.75) is 6.42 Å². The molecule has 74 valence electrons. The van der Waals surface area contributed by atoms with Gasteiger partial charge in [0.2, 0.25) is 0 Å². The zero-order valence-electron chi connectivity index (χ0n) is 7.53. The Bertz CT molecular complexity index is 378. The molecular formula is C10H10BrNO2. The van der Waals surface area contributed by atoms with Crippen LogP contribution in [0.2, 0.25) is 0 Å². The fourth-order valence-electron chi connectivity index (χ4n) is 1.75. The van der Waals surface area contributed by atoms with Crippen molar-refractivity contribution in [3.8, 4) is 0 Å². The number of carboxylic acids is 1. The molecule has 1 aliphatic rings. The number of hydrogen-bond acceptors (Lipinski definition) is 2. The van der Waals surface area contributed by atoms with Gasteiger partial charge in [-0.25, -0.2) is 0 Å². The molecule has 1 aromatic carbocycles. The molecular weight excluding hydrogens is 246 g/mol. The highest BCUT2D eigenvalue weighted by Gasteiger charge is 2.20. The zero-order valence-corrected chi connectivity index (χ0v) is 9.12. The molecule has 1 N–H and O–H groups in total. The van der Waals surface area contributed by atoms with Crippen LogP contribution >= 0.6 is 15.9 Å².